The summed E-state index contributed by atoms with van der Waals surface area (Å²) < 4.78 is 18.3. The molecule has 106 valence electrons. The van der Waals surface area contributed by atoms with Crippen LogP contribution in [0.1, 0.15) is 39.2 Å². The lowest BCUT2D eigenvalue weighted by Gasteiger charge is -2.28. The average molecular weight is 267 g/mol. The molecular formula is C15H22FNO2. The second kappa shape index (κ2) is 6.66. The molecule has 2 N–H and O–H groups in total. The summed E-state index contributed by atoms with van der Waals surface area (Å²) >= 11 is 0. The molecule has 1 aromatic carbocycles. The Morgan fingerprint density at radius 3 is 2.11 bits per heavy atom. The minimum absolute atomic E-state index is 0.0169. The number of carbonyl (C=O) groups is 1. The van der Waals surface area contributed by atoms with Crippen molar-refractivity contribution >= 4 is 5.97 Å². The van der Waals surface area contributed by atoms with Crippen molar-refractivity contribution in [3.05, 3.63) is 35.6 Å². The quantitative estimate of drug-likeness (QED) is 0.835. The van der Waals surface area contributed by atoms with Gasteiger partial charge in [-0.2, -0.15) is 0 Å². The van der Waals surface area contributed by atoms with Gasteiger partial charge in [-0.3, -0.25) is 4.79 Å². The standard InChI is InChI=1S/C15H22FNO2/c1-9(2)14(11(4)19-15(18)10(3)17)12-5-7-13(16)8-6-12/h5-11,14H,17H2,1-4H3/t10-,11?,14?/m0/s1. The van der Waals surface area contributed by atoms with Crippen LogP contribution in [0.25, 0.3) is 0 Å². The van der Waals surface area contributed by atoms with Crippen molar-refractivity contribution in [2.45, 2.75) is 45.8 Å². The van der Waals surface area contributed by atoms with Crippen LogP contribution >= 0.6 is 0 Å². The summed E-state index contributed by atoms with van der Waals surface area (Å²) in [5.41, 5.74) is 6.45. The van der Waals surface area contributed by atoms with Gasteiger partial charge in [0.2, 0.25) is 0 Å². The van der Waals surface area contributed by atoms with Gasteiger partial charge in [0.25, 0.3) is 0 Å². The number of esters is 1. The first-order valence-corrected chi connectivity index (χ1v) is 6.54. The molecule has 0 fully saturated rings. The van der Waals surface area contributed by atoms with E-state index in [0.29, 0.717) is 0 Å². The van der Waals surface area contributed by atoms with Gasteiger partial charge in [-0.15, -0.1) is 0 Å². The highest BCUT2D eigenvalue weighted by Crippen LogP contribution is 2.30. The zero-order chi connectivity index (χ0) is 14.6. The molecule has 0 aromatic heterocycles. The maximum atomic E-state index is 13.0. The van der Waals surface area contributed by atoms with Gasteiger partial charge in [-0.1, -0.05) is 26.0 Å². The molecule has 0 aliphatic heterocycles. The van der Waals surface area contributed by atoms with Crippen molar-refractivity contribution < 1.29 is 13.9 Å². The molecule has 0 spiro atoms. The van der Waals surface area contributed by atoms with Gasteiger partial charge in [0.1, 0.15) is 18.0 Å². The minimum Gasteiger partial charge on any atom is -0.461 e. The number of rotatable bonds is 5. The van der Waals surface area contributed by atoms with Crippen LogP contribution in [0.3, 0.4) is 0 Å². The Morgan fingerprint density at radius 2 is 1.68 bits per heavy atom. The zero-order valence-corrected chi connectivity index (χ0v) is 11.9. The van der Waals surface area contributed by atoms with Crippen molar-refractivity contribution in [3.8, 4) is 0 Å². The molecule has 0 aliphatic carbocycles. The summed E-state index contributed by atoms with van der Waals surface area (Å²) in [7, 11) is 0. The Morgan fingerprint density at radius 1 is 1.16 bits per heavy atom. The van der Waals surface area contributed by atoms with E-state index in [0.717, 1.165) is 5.56 Å². The second-order valence-corrected chi connectivity index (χ2v) is 5.25. The maximum Gasteiger partial charge on any atom is 0.322 e. The number of halogens is 1. The smallest absolute Gasteiger partial charge is 0.322 e. The predicted molar refractivity (Wildman–Crippen MR) is 73.2 cm³/mol. The van der Waals surface area contributed by atoms with Gasteiger partial charge in [-0.05, 0) is 37.5 Å². The van der Waals surface area contributed by atoms with E-state index in [1.165, 1.54) is 12.1 Å². The van der Waals surface area contributed by atoms with Crippen molar-refractivity contribution in [1.29, 1.82) is 0 Å². The average Bonchev–Trinajstić information content (AvgIpc) is 2.31. The summed E-state index contributed by atoms with van der Waals surface area (Å²) in [6.07, 6.45) is -0.302. The molecule has 3 atom stereocenters. The molecule has 19 heavy (non-hydrogen) atoms. The monoisotopic (exact) mass is 267 g/mol. The summed E-state index contributed by atoms with van der Waals surface area (Å²) in [5.74, 6) is -0.406. The van der Waals surface area contributed by atoms with E-state index in [4.69, 9.17) is 10.5 Å². The fraction of sp³-hybridized carbons (Fsp3) is 0.533. The van der Waals surface area contributed by atoms with Crippen LogP contribution in [0.4, 0.5) is 4.39 Å². The van der Waals surface area contributed by atoms with Crippen LogP contribution in [0, 0.1) is 11.7 Å². The number of hydrogen-bond acceptors (Lipinski definition) is 3. The molecule has 4 heteroatoms. The fourth-order valence-electron chi connectivity index (χ4n) is 2.25. The van der Waals surface area contributed by atoms with Crippen molar-refractivity contribution in [3.63, 3.8) is 0 Å². The third kappa shape index (κ3) is 4.31. The minimum atomic E-state index is -0.636. The van der Waals surface area contributed by atoms with Crippen molar-refractivity contribution in [2.24, 2.45) is 11.7 Å². The molecule has 0 aliphatic rings. The third-order valence-corrected chi connectivity index (χ3v) is 3.15. The summed E-state index contributed by atoms with van der Waals surface area (Å²) in [6, 6.07) is 5.67. The number of carbonyl (C=O) groups excluding carboxylic acids is 1. The molecule has 1 rings (SSSR count). The topological polar surface area (TPSA) is 52.3 Å². The largest absolute Gasteiger partial charge is 0.461 e. The summed E-state index contributed by atoms with van der Waals surface area (Å²) in [4.78, 5) is 11.6. The van der Waals surface area contributed by atoms with Crippen LogP contribution in [-0.4, -0.2) is 18.1 Å². The first-order chi connectivity index (χ1) is 8.82. The second-order valence-electron chi connectivity index (χ2n) is 5.25. The van der Waals surface area contributed by atoms with Gasteiger partial charge >= 0.3 is 5.97 Å². The van der Waals surface area contributed by atoms with Crippen LogP contribution in [0.2, 0.25) is 0 Å². The van der Waals surface area contributed by atoms with Gasteiger partial charge in [0.15, 0.2) is 0 Å². The van der Waals surface area contributed by atoms with Gasteiger partial charge in [0.05, 0.1) is 0 Å². The number of hydrogen-bond donors (Lipinski definition) is 1. The number of benzene rings is 1. The lowest BCUT2D eigenvalue weighted by atomic mass is 9.84. The Hall–Kier alpha value is -1.42. The van der Waals surface area contributed by atoms with Gasteiger partial charge < -0.3 is 10.5 Å². The molecule has 2 unspecified atom stereocenters. The molecule has 0 amide bonds. The highest BCUT2D eigenvalue weighted by atomic mass is 19.1. The van der Waals surface area contributed by atoms with E-state index in [1.807, 2.05) is 20.8 Å². The third-order valence-electron chi connectivity index (χ3n) is 3.15. The Balaban J connectivity index is 2.88. The first-order valence-electron chi connectivity index (χ1n) is 6.54. The zero-order valence-electron chi connectivity index (χ0n) is 11.9. The van der Waals surface area contributed by atoms with Crippen molar-refractivity contribution in [2.75, 3.05) is 0 Å². The Bertz CT molecular complexity index is 415. The Kier molecular flexibility index (Phi) is 5.48. The van der Waals surface area contributed by atoms with E-state index in [1.54, 1.807) is 19.1 Å². The van der Waals surface area contributed by atoms with Gasteiger partial charge in [0, 0.05) is 5.92 Å². The van der Waals surface area contributed by atoms with Crippen LogP contribution in [0.15, 0.2) is 24.3 Å². The highest BCUT2D eigenvalue weighted by Gasteiger charge is 2.26. The number of nitrogens with two attached hydrogens (primary N) is 1. The molecule has 0 bridgehead atoms. The SMILES string of the molecule is CC(C)C(c1ccc(F)cc1)C(C)OC(=O)[C@H](C)N. The normalized spacial score (nSPS) is 15.9. The molecule has 0 saturated heterocycles. The first kappa shape index (κ1) is 15.6. The van der Waals surface area contributed by atoms with Crippen LogP contribution < -0.4 is 5.73 Å². The van der Waals surface area contributed by atoms with E-state index in [2.05, 4.69) is 0 Å². The molecule has 0 saturated carbocycles. The van der Waals surface area contributed by atoms with Crippen LogP contribution in [0.5, 0.6) is 0 Å². The lowest BCUT2D eigenvalue weighted by molar-refractivity contribution is -0.151. The van der Waals surface area contributed by atoms with E-state index in [9.17, 15) is 9.18 Å². The summed E-state index contributed by atoms with van der Waals surface area (Å²) in [5, 5.41) is 0. The van der Waals surface area contributed by atoms with E-state index < -0.39 is 12.0 Å². The molecule has 3 nitrogen and oxygen atoms in total. The Labute approximate surface area is 113 Å². The predicted octanol–water partition coefficient (Wildman–Crippen LogP) is 2.84. The maximum absolute atomic E-state index is 13.0. The van der Waals surface area contributed by atoms with E-state index >= 15 is 0 Å². The van der Waals surface area contributed by atoms with E-state index in [-0.39, 0.29) is 23.8 Å². The van der Waals surface area contributed by atoms with Crippen LogP contribution in [-0.2, 0) is 9.53 Å². The summed E-state index contributed by atoms with van der Waals surface area (Å²) in [6.45, 7) is 7.53. The van der Waals surface area contributed by atoms with Gasteiger partial charge in [-0.25, -0.2) is 4.39 Å². The number of ether oxygens (including phenoxy) is 1. The molecule has 0 heterocycles. The molecule has 1 aromatic rings. The van der Waals surface area contributed by atoms with Crippen molar-refractivity contribution in [1.82, 2.24) is 0 Å². The lowest BCUT2D eigenvalue weighted by Crippen LogP contribution is -2.34. The molecular weight excluding hydrogens is 245 g/mol. The molecule has 0 radical (unpaired) electrons. The fourth-order valence-corrected chi connectivity index (χ4v) is 2.25. The highest BCUT2D eigenvalue weighted by molar-refractivity contribution is 5.75.